The van der Waals surface area contributed by atoms with Crippen LogP contribution in [0.4, 0.5) is 0 Å². The highest BCUT2D eigenvalue weighted by molar-refractivity contribution is 7.86. The lowest BCUT2D eigenvalue weighted by Gasteiger charge is -2.14. The molecule has 0 aromatic rings. The monoisotopic (exact) mass is 406 g/mol. The zero-order valence-electron chi connectivity index (χ0n) is 18.0. The van der Waals surface area contributed by atoms with E-state index >= 15 is 0 Å². The molecule has 4 nitrogen and oxygen atoms in total. The molecular weight excluding hydrogens is 360 g/mol. The van der Waals surface area contributed by atoms with Crippen molar-refractivity contribution in [3.05, 3.63) is 0 Å². The van der Waals surface area contributed by atoms with Gasteiger partial charge in [-0.05, 0) is 25.7 Å². The molecule has 5 heteroatoms. The van der Waals surface area contributed by atoms with Gasteiger partial charge in [-0.3, -0.25) is 4.55 Å². The smallest absolute Gasteiger partial charge is 0.267 e. The second-order valence-electron chi connectivity index (χ2n) is 8.16. The van der Waals surface area contributed by atoms with Crippen molar-refractivity contribution in [2.24, 2.45) is 0 Å². The number of aliphatic hydroxyl groups excluding tert-OH is 1. The van der Waals surface area contributed by atoms with Crippen molar-refractivity contribution in [2.75, 3.05) is 0 Å². The van der Waals surface area contributed by atoms with Crippen LogP contribution in [0.5, 0.6) is 0 Å². The second kappa shape index (κ2) is 17.9. The summed E-state index contributed by atoms with van der Waals surface area (Å²) in [6.07, 6.45) is 18.8. The minimum absolute atomic E-state index is 0.237. The molecule has 0 saturated carbocycles. The third-order valence-electron chi connectivity index (χ3n) is 5.59. The minimum atomic E-state index is -3.93. The van der Waals surface area contributed by atoms with Crippen LogP contribution in [0, 0.1) is 0 Å². The van der Waals surface area contributed by atoms with Crippen LogP contribution in [0.2, 0.25) is 0 Å². The molecule has 164 valence electrons. The number of rotatable bonds is 20. The van der Waals surface area contributed by atoms with E-state index in [1.54, 1.807) is 0 Å². The van der Waals surface area contributed by atoms with Gasteiger partial charge in [-0.25, -0.2) is 0 Å². The summed E-state index contributed by atoms with van der Waals surface area (Å²) in [5.41, 5.74) is 0. The molecule has 0 spiro atoms. The first-order chi connectivity index (χ1) is 12.9. The summed E-state index contributed by atoms with van der Waals surface area (Å²) in [4.78, 5) is 0. The summed E-state index contributed by atoms with van der Waals surface area (Å²) >= 11 is 0. The van der Waals surface area contributed by atoms with E-state index in [0.717, 1.165) is 44.9 Å². The standard InChI is InChI=1S/C22H46O4S/c1-3-5-6-7-8-9-10-11-12-13-16-19-22(27(24,25)26)20-17-14-15-18-21(23)4-2/h21-23H,3-20H2,1-2H3,(H,24,25,26). The summed E-state index contributed by atoms with van der Waals surface area (Å²) in [7, 11) is -3.93. The van der Waals surface area contributed by atoms with Crippen molar-refractivity contribution in [3.8, 4) is 0 Å². The van der Waals surface area contributed by atoms with Crippen LogP contribution in [0.15, 0.2) is 0 Å². The fraction of sp³-hybridized carbons (Fsp3) is 1.00. The Bertz CT molecular complexity index is 409. The summed E-state index contributed by atoms with van der Waals surface area (Å²) in [6, 6.07) is 0. The van der Waals surface area contributed by atoms with Crippen molar-refractivity contribution in [2.45, 2.75) is 141 Å². The average Bonchev–Trinajstić information content (AvgIpc) is 2.62. The normalized spacial score (nSPS) is 14.4. The molecule has 0 aliphatic carbocycles. The van der Waals surface area contributed by atoms with Crippen LogP contribution < -0.4 is 0 Å². The Hall–Kier alpha value is -0.130. The van der Waals surface area contributed by atoms with Crippen molar-refractivity contribution in [3.63, 3.8) is 0 Å². The molecule has 0 aliphatic heterocycles. The zero-order valence-corrected chi connectivity index (χ0v) is 18.8. The van der Waals surface area contributed by atoms with Gasteiger partial charge in [0.25, 0.3) is 10.1 Å². The molecule has 0 radical (unpaired) electrons. The van der Waals surface area contributed by atoms with Gasteiger partial charge < -0.3 is 5.11 Å². The molecule has 0 rings (SSSR count). The van der Waals surface area contributed by atoms with E-state index in [1.165, 1.54) is 57.8 Å². The molecule has 0 aromatic carbocycles. The molecule has 2 N–H and O–H groups in total. The van der Waals surface area contributed by atoms with Crippen molar-refractivity contribution >= 4 is 10.1 Å². The van der Waals surface area contributed by atoms with Gasteiger partial charge in [0, 0.05) is 0 Å². The molecule has 0 bridgehead atoms. The van der Waals surface area contributed by atoms with Crippen LogP contribution in [-0.4, -0.2) is 29.4 Å². The molecule has 2 unspecified atom stereocenters. The fourth-order valence-corrected chi connectivity index (χ4v) is 4.54. The van der Waals surface area contributed by atoms with E-state index in [1.807, 2.05) is 6.92 Å². The Labute approximate surface area is 169 Å². The molecule has 0 aromatic heterocycles. The van der Waals surface area contributed by atoms with Gasteiger partial charge in [-0.2, -0.15) is 8.42 Å². The molecule has 0 fully saturated rings. The van der Waals surface area contributed by atoms with Gasteiger partial charge in [0.1, 0.15) is 0 Å². The summed E-state index contributed by atoms with van der Waals surface area (Å²) in [6.45, 7) is 4.21. The van der Waals surface area contributed by atoms with Gasteiger partial charge in [0.2, 0.25) is 0 Å². The molecule has 0 heterocycles. The Balaban J connectivity index is 3.69. The average molecular weight is 407 g/mol. The molecule has 0 amide bonds. The number of hydrogen-bond acceptors (Lipinski definition) is 3. The Kier molecular flexibility index (Phi) is 17.8. The topological polar surface area (TPSA) is 74.6 Å². The van der Waals surface area contributed by atoms with Crippen molar-refractivity contribution in [1.29, 1.82) is 0 Å². The first-order valence-corrected chi connectivity index (χ1v) is 13.1. The van der Waals surface area contributed by atoms with E-state index in [0.29, 0.717) is 12.8 Å². The molecule has 2 atom stereocenters. The van der Waals surface area contributed by atoms with E-state index < -0.39 is 15.4 Å². The molecule has 27 heavy (non-hydrogen) atoms. The van der Waals surface area contributed by atoms with Gasteiger partial charge in [-0.1, -0.05) is 104 Å². The fourth-order valence-electron chi connectivity index (χ4n) is 3.61. The first kappa shape index (κ1) is 26.9. The van der Waals surface area contributed by atoms with Gasteiger partial charge in [0.15, 0.2) is 0 Å². The van der Waals surface area contributed by atoms with Crippen molar-refractivity contribution in [1.82, 2.24) is 0 Å². The number of aliphatic hydroxyl groups is 1. The lowest BCUT2D eigenvalue weighted by Crippen LogP contribution is -2.20. The first-order valence-electron chi connectivity index (χ1n) is 11.6. The van der Waals surface area contributed by atoms with E-state index in [9.17, 15) is 18.1 Å². The largest absolute Gasteiger partial charge is 0.393 e. The van der Waals surface area contributed by atoms with Gasteiger partial charge in [-0.15, -0.1) is 0 Å². The summed E-state index contributed by atoms with van der Waals surface area (Å²) < 4.78 is 32.6. The third kappa shape index (κ3) is 17.7. The Morgan fingerprint density at radius 3 is 1.41 bits per heavy atom. The maximum atomic E-state index is 11.6. The highest BCUT2D eigenvalue weighted by Crippen LogP contribution is 2.19. The van der Waals surface area contributed by atoms with Crippen LogP contribution >= 0.6 is 0 Å². The summed E-state index contributed by atoms with van der Waals surface area (Å²) in [5.74, 6) is 0. The molecule has 0 saturated heterocycles. The quantitative estimate of drug-likeness (QED) is 0.175. The van der Waals surface area contributed by atoms with E-state index in [4.69, 9.17) is 0 Å². The maximum absolute atomic E-state index is 11.6. The predicted octanol–water partition coefficient (Wildman–Crippen LogP) is 6.67. The molecule has 0 aliphatic rings. The van der Waals surface area contributed by atoms with E-state index in [-0.39, 0.29) is 6.10 Å². The zero-order chi connectivity index (χ0) is 20.4. The maximum Gasteiger partial charge on any atom is 0.267 e. The van der Waals surface area contributed by atoms with Crippen molar-refractivity contribution < 1.29 is 18.1 Å². The predicted molar refractivity (Wildman–Crippen MR) is 116 cm³/mol. The van der Waals surface area contributed by atoms with Gasteiger partial charge >= 0.3 is 0 Å². The van der Waals surface area contributed by atoms with E-state index in [2.05, 4.69) is 6.92 Å². The SMILES string of the molecule is CCCCCCCCCCCCCC(CCCCCC(O)CC)S(=O)(=O)O. The highest BCUT2D eigenvalue weighted by Gasteiger charge is 2.21. The Morgan fingerprint density at radius 1 is 0.630 bits per heavy atom. The highest BCUT2D eigenvalue weighted by atomic mass is 32.2. The minimum Gasteiger partial charge on any atom is -0.393 e. The van der Waals surface area contributed by atoms with Crippen LogP contribution in [0.3, 0.4) is 0 Å². The van der Waals surface area contributed by atoms with Gasteiger partial charge in [0.05, 0.1) is 11.4 Å². The Morgan fingerprint density at radius 2 is 1.00 bits per heavy atom. The van der Waals surface area contributed by atoms with Crippen LogP contribution in [0.1, 0.15) is 129 Å². The second-order valence-corrected chi connectivity index (χ2v) is 9.86. The lowest BCUT2D eigenvalue weighted by molar-refractivity contribution is 0.156. The lowest BCUT2D eigenvalue weighted by atomic mass is 10.0. The summed E-state index contributed by atoms with van der Waals surface area (Å²) in [5, 5.41) is 8.92. The van der Waals surface area contributed by atoms with Crippen LogP contribution in [-0.2, 0) is 10.1 Å². The number of hydrogen-bond donors (Lipinski definition) is 2. The van der Waals surface area contributed by atoms with Crippen LogP contribution in [0.25, 0.3) is 0 Å². The third-order valence-corrected chi connectivity index (χ3v) is 6.90. The number of unbranched alkanes of at least 4 members (excludes halogenated alkanes) is 12. The molecular formula is C22H46O4S.